The number of amides is 2. The van der Waals surface area contributed by atoms with E-state index in [4.69, 9.17) is 9.63 Å². The fourth-order valence-corrected chi connectivity index (χ4v) is 2.80. The maximum Gasteiger partial charge on any atom is 0.430 e. The summed E-state index contributed by atoms with van der Waals surface area (Å²) in [4.78, 5) is 23.0. The number of hydrogen-bond donors (Lipinski definition) is 4. The molecule has 2 amide bonds. The van der Waals surface area contributed by atoms with Crippen LogP contribution in [0, 0.1) is 6.92 Å². The first-order valence-corrected chi connectivity index (χ1v) is 8.86. The van der Waals surface area contributed by atoms with Crippen molar-refractivity contribution < 1.29 is 50.7 Å². The molecule has 2 aromatic rings. The van der Waals surface area contributed by atoms with Crippen molar-refractivity contribution in [2.45, 2.75) is 44.3 Å². The van der Waals surface area contributed by atoms with Gasteiger partial charge in [0.25, 0.3) is 5.60 Å². The number of nitrogens with zero attached hydrogens (tertiary/aromatic N) is 1. The summed E-state index contributed by atoms with van der Waals surface area (Å²) in [5.74, 6) is -1.49. The van der Waals surface area contributed by atoms with Crippen LogP contribution in [0.3, 0.4) is 0 Å². The molecular formula is C18H17F6N3O5. The number of benzene rings is 1. The summed E-state index contributed by atoms with van der Waals surface area (Å²) in [6.45, 7) is 2.88. The van der Waals surface area contributed by atoms with E-state index in [0.29, 0.717) is 12.1 Å². The van der Waals surface area contributed by atoms with Crippen molar-refractivity contribution in [1.82, 2.24) is 10.5 Å². The van der Waals surface area contributed by atoms with E-state index >= 15 is 0 Å². The van der Waals surface area contributed by atoms with Crippen LogP contribution < -0.4 is 10.6 Å². The Hall–Kier alpha value is -3.29. The molecule has 1 atom stereocenters. The molecular weight excluding hydrogens is 452 g/mol. The highest BCUT2D eigenvalue weighted by Gasteiger charge is 2.71. The number of alkyl halides is 6. The zero-order valence-corrected chi connectivity index (χ0v) is 16.4. The van der Waals surface area contributed by atoms with Gasteiger partial charge in [0, 0.05) is 5.56 Å². The van der Waals surface area contributed by atoms with E-state index in [-0.39, 0.29) is 29.1 Å². The fraction of sp³-hybridized carbons (Fsp3) is 0.389. The Morgan fingerprint density at radius 2 is 1.62 bits per heavy atom. The number of carboxylic acids is 1. The molecule has 2 rings (SSSR count). The van der Waals surface area contributed by atoms with E-state index in [9.17, 15) is 41.0 Å². The summed E-state index contributed by atoms with van der Waals surface area (Å²) in [5.41, 5.74) is -6.51. The van der Waals surface area contributed by atoms with E-state index < -0.39 is 41.6 Å². The van der Waals surface area contributed by atoms with Crippen LogP contribution in [0.4, 0.5) is 37.0 Å². The van der Waals surface area contributed by atoms with Crippen LogP contribution in [0.1, 0.15) is 24.7 Å². The molecule has 8 nitrogen and oxygen atoms in total. The Bertz CT molecular complexity index is 970. The maximum absolute atomic E-state index is 13.0. The van der Waals surface area contributed by atoms with Gasteiger partial charge in [-0.2, -0.15) is 26.3 Å². The second kappa shape index (κ2) is 8.68. The van der Waals surface area contributed by atoms with Gasteiger partial charge in [0.2, 0.25) is 0 Å². The van der Waals surface area contributed by atoms with Crippen LogP contribution in [0.5, 0.6) is 0 Å². The molecule has 176 valence electrons. The van der Waals surface area contributed by atoms with Crippen LogP contribution in [0.15, 0.2) is 28.8 Å². The first-order valence-electron chi connectivity index (χ1n) is 8.86. The fourth-order valence-electron chi connectivity index (χ4n) is 2.80. The molecule has 4 N–H and O–H groups in total. The molecule has 0 aliphatic heterocycles. The molecule has 0 bridgehead atoms. The second-order valence-corrected chi connectivity index (χ2v) is 6.64. The highest BCUT2D eigenvalue weighted by Crippen LogP contribution is 2.50. The highest BCUT2D eigenvalue weighted by molar-refractivity contribution is 5.95. The molecule has 0 spiro atoms. The maximum atomic E-state index is 13.0. The number of aryl methyl sites for hydroxylation is 1. The standard InChI is InChI=1S/C18H17F6N3O5/c1-3-11(14(28)29)25-15(30)26-13-12(8(2)32-27-13)9-4-6-10(7-5-9)16(31,17(19,20)21)18(22,23)24/h4-7,11,31H,3H2,1-2H3,(H,28,29)(H2,25,26,27,30). The van der Waals surface area contributed by atoms with Gasteiger partial charge in [0.15, 0.2) is 5.82 Å². The monoisotopic (exact) mass is 469 g/mol. The molecule has 1 aromatic heterocycles. The summed E-state index contributed by atoms with van der Waals surface area (Å²) in [5, 5.41) is 26.4. The summed E-state index contributed by atoms with van der Waals surface area (Å²) < 4.78 is 83.1. The number of aliphatic hydroxyl groups is 1. The van der Waals surface area contributed by atoms with Gasteiger partial charge >= 0.3 is 24.4 Å². The number of nitrogens with one attached hydrogen (secondary N) is 2. The SMILES string of the molecule is CCC(NC(=O)Nc1noc(C)c1-c1ccc(C(O)(C(F)(F)F)C(F)(F)F)cc1)C(=O)O. The number of halogens is 6. The van der Waals surface area contributed by atoms with Gasteiger partial charge < -0.3 is 20.1 Å². The average molecular weight is 469 g/mol. The van der Waals surface area contributed by atoms with E-state index in [1.54, 1.807) is 0 Å². The van der Waals surface area contributed by atoms with Gasteiger partial charge in [-0.25, -0.2) is 9.59 Å². The average Bonchev–Trinajstić information content (AvgIpc) is 3.03. The van der Waals surface area contributed by atoms with Gasteiger partial charge in [0.1, 0.15) is 11.8 Å². The third-order valence-corrected chi connectivity index (χ3v) is 4.52. The Morgan fingerprint density at radius 1 is 1.09 bits per heavy atom. The number of urea groups is 1. The molecule has 0 radical (unpaired) electrons. The van der Waals surface area contributed by atoms with Crippen molar-refractivity contribution in [2.75, 3.05) is 5.32 Å². The van der Waals surface area contributed by atoms with Crippen molar-refractivity contribution >= 4 is 17.8 Å². The number of aliphatic carboxylic acids is 1. The van der Waals surface area contributed by atoms with Crippen LogP contribution in [-0.2, 0) is 10.4 Å². The molecule has 1 unspecified atom stereocenters. The summed E-state index contributed by atoms with van der Waals surface area (Å²) in [6.07, 6.45) is -12.0. The number of anilines is 1. The Morgan fingerprint density at radius 3 is 2.06 bits per heavy atom. The lowest BCUT2D eigenvalue weighted by molar-refractivity contribution is -0.376. The van der Waals surface area contributed by atoms with Crippen molar-refractivity contribution in [3.05, 3.63) is 35.6 Å². The first kappa shape index (κ1) is 25.0. The van der Waals surface area contributed by atoms with Gasteiger partial charge in [-0.1, -0.05) is 36.3 Å². The van der Waals surface area contributed by atoms with Crippen molar-refractivity contribution in [3.63, 3.8) is 0 Å². The predicted molar refractivity (Wildman–Crippen MR) is 96.6 cm³/mol. The van der Waals surface area contributed by atoms with Crippen molar-refractivity contribution in [3.8, 4) is 11.1 Å². The topological polar surface area (TPSA) is 125 Å². The lowest BCUT2D eigenvalue weighted by Gasteiger charge is -2.32. The number of hydrogen-bond acceptors (Lipinski definition) is 5. The molecule has 32 heavy (non-hydrogen) atoms. The van der Waals surface area contributed by atoms with E-state index in [1.165, 1.54) is 13.8 Å². The largest absolute Gasteiger partial charge is 0.480 e. The summed E-state index contributed by atoms with van der Waals surface area (Å²) >= 11 is 0. The smallest absolute Gasteiger partial charge is 0.430 e. The third kappa shape index (κ3) is 4.64. The number of carbonyl (C=O) groups is 2. The van der Waals surface area contributed by atoms with Gasteiger partial charge in [0.05, 0.1) is 5.56 Å². The molecule has 14 heteroatoms. The third-order valence-electron chi connectivity index (χ3n) is 4.52. The minimum Gasteiger partial charge on any atom is -0.480 e. The van der Waals surface area contributed by atoms with Crippen molar-refractivity contribution in [2.24, 2.45) is 0 Å². The van der Waals surface area contributed by atoms with Gasteiger partial charge in [-0.3, -0.25) is 5.32 Å². The number of aromatic nitrogens is 1. The number of carboxylic acid groups (broad SMARTS) is 1. The molecule has 1 aromatic carbocycles. The zero-order chi connectivity index (χ0) is 24.5. The number of carbonyl (C=O) groups excluding carboxylic acids is 1. The zero-order valence-electron chi connectivity index (χ0n) is 16.4. The molecule has 1 heterocycles. The number of rotatable bonds is 6. The molecule has 0 saturated carbocycles. The first-order chi connectivity index (χ1) is 14.6. The van der Waals surface area contributed by atoms with Crippen LogP contribution in [0.2, 0.25) is 0 Å². The lowest BCUT2D eigenvalue weighted by atomic mass is 9.90. The molecule has 0 aliphatic carbocycles. The van der Waals surface area contributed by atoms with Crippen LogP contribution in [-0.4, -0.2) is 45.8 Å². The Labute approximate surface area is 176 Å². The van der Waals surface area contributed by atoms with Crippen LogP contribution in [0.25, 0.3) is 11.1 Å². The second-order valence-electron chi connectivity index (χ2n) is 6.64. The van der Waals surface area contributed by atoms with E-state index in [1.807, 2.05) is 0 Å². The highest BCUT2D eigenvalue weighted by atomic mass is 19.4. The summed E-state index contributed by atoms with van der Waals surface area (Å²) in [7, 11) is 0. The van der Waals surface area contributed by atoms with E-state index in [0.717, 1.165) is 12.1 Å². The van der Waals surface area contributed by atoms with Gasteiger partial charge in [-0.05, 0) is 18.9 Å². The Balaban J connectivity index is 2.38. The van der Waals surface area contributed by atoms with E-state index in [2.05, 4.69) is 15.8 Å². The van der Waals surface area contributed by atoms with Crippen LogP contribution >= 0.6 is 0 Å². The molecule has 0 saturated heterocycles. The van der Waals surface area contributed by atoms with Crippen molar-refractivity contribution in [1.29, 1.82) is 0 Å². The molecule has 0 fully saturated rings. The minimum absolute atomic E-state index is 0.0137. The lowest BCUT2D eigenvalue weighted by Crippen LogP contribution is -2.53. The normalized spacial score (nSPS) is 13.5. The molecule has 0 aliphatic rings. The summed E-state index contributed by atoms with van der Waals surface area (Å²) in [6, 6.07) is 0.384. The predicted octanol–water partition coefficient (Wildman–Crippen LogP) is 3.95. The minimum atomic E-state index is -6.04. The quantitative estimate of drug-likeness (QED) is 0.475. The Kier molecular flexibility index (Phi) is 6.78. The van der Waals surface area contributed by atoms with Gasteiger partial charge in [-0.15, -0.1) is 0 Å².